The molecule has 3 aromatic carbocycles. The fraction of sp³-hybridized carbons (Fsp3) is 0.460. The second-order valence-electron chi connectivity index (χ2n) is 19.3. The van der Waals surface area contributed by atoms with Gasteiger partial charge in [-0.05, 0) is 79.1 Å². The Morgan fingerprint density at radius 3 is 2.26 bits per heavy atom. The van der Waals surface area contributed by atoms with Crippen molar-refractivity contribution in [3.05, 3.63) is 99.6 Å². The summed E-state index contributed by atoms with van der Waals surface area (Å²) in [5.74, 6) is -0.583. The van der Waals surface area contributed by atoms with Crippen molar-refractivity contribution < 1.29 is 33.4 Å². The molecule has 0 bridgehead atoms. The van der Waals surface area contributed by atoms with E-state index in [1.165, 1.54) is 0 Å². The maximum Gasteiger partial charge on any atom is 0.251 e. The van der Waals surface area contributed by atoms with Crippen LogP contribution in [0.1, 0.15) is 101 Å². The van der Waals surface area contributed by atoms with Gasteiger partial charge in [-0.1, -0.05) is 84.3 Å². The number of halogens is 1. The van der Waals surface area contributed by atoms with E-state index in [0.717, 1.165) is 21.7 Å². The van der Waals surface area contributed by atoms with Gasteiger partial charge in [0, 0.05) is 48.0 Å². The van der Waals surface area contributed by atoms with Crippen LogP contribution >= 0.6 is 22.9 Å². The molecule has 66 heavy (non-hydrogen) atoms. The molecule has 16 heteroatoms. The van der Waals surface area contributed by atoms with E-state index in [0.29, 0.717) is 60.0 Å². The van der Waals surface area contributed by atoms with Crippen molar-refractivity contribution >= 4 is 52.5 Å². The van der Waals surface area contributed by atoms with Crippen molar-refractivity contribution in [3.63, 3.8) is 0 Å². The number of hydrogen-bond acceptors (Lipinski definition) is 10. The van der Waals surface area contributed by atoms with Crippen LogP contribution in [-0.4, -0.2) is 83.3 Å². The van der Waals surface area contributed by atoms with Crippen LogP contribution in [0.3, 0.4) is 0 Å². The van der Waals surface area contributed by atoms with E-state index in [2.05, 4.69) is 26.3 Å². The molecule has 6 rings (SSSR count). The van der Waals surface area contributed by atoms with Crippen LogP contribution in [0.2, 0.25) is 5.02 Å². The van der Waals surface area contributed by atoms with Gasteiger partial charge in [0.2, 0.25) is 23.6 Å². The molecular weight excluding hydrogens is 878 g/mol. The average Bonchev–Trinajstić information content (AvgIpc) is 3.96. The van der Waals surface area contributed by atoms with Crippen molar-refractivity contribution in [1.82, 2.24) is 31.2 Å². The van der Waals surface area contributed by atoms with Crippen molar-refractivity contribution in [2.75, 3.05) is 19.7 Å². The third kappa shape index (κ3) is 11.5. The summed E-state index contributed by atoms with van der Waals surface area (Å²) in [5.41, 5.74) is 4.13. The highest BCUT2D eigenvalue weighted by atomic mass is 35.5. The van der Waals surface area contributed by atoms with Gasteiger partial charge >= 0.3 is 0 Å². The number of nitrogens with zero attached hydrogens (tertiary/aromatic N) is 3. The largest absolute Gasteiger partial charge is 0.494 e. The first-order valence-corrected chi connectivity index (χ1v) is 23.5. The summed E-state index contributed by atoms with van der Waals surface area (Å²) >= 11 is 7.81. The van der Waals surface area contributed by atoms with E-state index in [9.17, 15) is 29.2 Å². The summed E-state index contributed by atoms with van der Waals surface area (Å²) in [7, 11) is 0. The number of carbonyl (C=O) groups is 5. The molecule has 4 N–H and O–H groups in total. The molecular formula is C50H60ClN7O7S. The van der Waals surface area contributed by atoms with Gasteiger partial charge in [-0.15, -0.1) is 11.3 Å². The molecule has 2 fully saturated rings. The zero-order valence-electron chi connectivity index (χ0n) is 38.9. The lowest BCUT2D eigenvalue weighted by Gasteiger charge is -2.63. The van der Waals surface area contributed by atoms with Crippen molar-refractivity contribution in [1.29, 1.82) is 5.26 Å². The van der Waals surface area contributed by atoms with Gasteiger partial charge in [-0.2, -0.15) is 5.26 Å². The fourth-order valence-electron chi connectivity index (χ4n) is 9.19. The maximum atomic E-state index is 14.0. The number of benzene rings is 3. The van der Waals surface area contributed by atoms with E-state index in [1.807, 2.05) is 91.2 Å². The predicted molar refractivity (Wildman–Crippen MR) is 254 cm³/mol. The number of amides is 5. The zero-order valence-corrected chi connectivity index (χ0v) is 40.5. The highest BCUT2D eigenvalue weighted by molar-refractivity contribution is 7.13. The predicted octanol–water partition coefficient (Wildman–Crippen LogP) is 7.37. The number of aryl methyl sites for hydroxylation is 1. The number of thiazole rings is 1. The van der Waals surface area contributed by atoms with E-state index in [4.69, 9.17) is 21.1 Å². The van der Waals surface area contributed by atoms with Crippen molar-refractivity contribution in [3.8, 4) is 28.0 Å². The molecule has 1 aromatic heterocycles. The first-order chi connectivity index (χ1) is 31.2. The van der Waals surface area contributed by atoms with Crippen LogP contribution in [-0.2, 0) is 25.7 Å². The molecule has 0 radical (unpaired) electrons. The van der Waals surface area contributed by atoms with Crippen LogP contribution in [0.25, 0.3) is 10.4 Å². The third-order valence-corrected chi connectivity index (χ3v) is 13.8. The Labute approximate surface area is 396 Å². The molecule has 1 aliphatic carbocycles. The first-order valence-electron chi connectivity index (χ1n) is 22.2. The number of nitrogens with one attached hydrogen (secondary N) is 4. The molecule has 0 spiro atoms. The maximum absolute atomic E-state index is 14.0. The van der Waals surface area contributed by atoms with Gasteiger partial charge in [0.1, 0.15) is 35.8 Å². The first kappa shape index (κ1) is 49.5. The second-order valence-corrected chi connectivity index (χ2v) is 20.6. The molecule has 14 nitrogen and oxygen atoms in total. The van der Waals surface area contributed by atoms with Gasteiger partial charge in [-0.25, -0.2) is 4.98 Å². The van der Waals surface area contributed by atoms with E-state index in [-0.39, 0.29) is 55.3 Å². The van der Waals surface area contributed by atoms with Crippen molar-refractivity contribution in [2.45, 2.75) is 112 Å². The van der Waals surface area contributed by atoms with Gasteiger partial charge in [-0.3, -0.25) is 24.0 Å². The summed E-state index contributed by atoms with van der Waals surface area (Å²) in [6.07, 6.45) is 1.42. The van der Waals surface area contributed by atoms with Gasteiger partial charge in [0.15, 0.2) is 0 Å². The lowest BCUT2D eigenvalue weighted by molar-refractivity contribution is -0.164. The van der Waals surface area contributed by atoms with Crippen LogP contribution in [0.4, 0.5) is 0 Å². The molecule has 2 atom stereocenters. The SMILES string of the molecule is Cc1ncsc1-c1ccc(CNC(=O)[C@@H]2CCCN2C(=O)[C@@H](NC(=O)CNC(=O)CCCOc2ccc(C(=O)NC3C(C)(C)C(Oc4ccc(C#N)c(Cl)c4)C3(C)C)cc2)C(C)(C)C)cc1. The number of rotatable bonds is 17. The Kier molecular flexibility index (Phi) is 15.5. The van der Waals surface area contributed by atoms with Crippen LogP contribution in [0.5, 0.6) is 11.5 Å². The molecule has 2 aliphatic rings. The second kappa shape index (κ2) is 20.7. The standard InChI is InChI=1S/C50H60ClN7O7S/c1-30-41(66-29-55-30)32-15-13-31(14-16-32)27-54-44(62)38-11-9-23-58(38)45(63)42(48(2,3)4)56-40(60)28-53-39(59)12-10-24-64-35-20-17-33(18-21-35)43(61)57-46-49(5,6)47(50(46,7)8)65-36-22-19-34(26-52)37(51)25-36/h13-22,25,29,38,42,46-47H,9-12,23-24,27-28H2,1-8H3,(H,53,59)(H,54,62)(H,56,60)(H,57,61)/t38-,42+,46?,47?/m0/s1. The summed E-state index contributed by atoms with van der Waals surface area (Å²) in [5, 5.41) is 21.1. The van der Waals surface area contributed by atoms with Crippen LogP contribution < -0.4 is 30.7 Å². The van der Waals surface area contributed by atoms with Gasteiger partial charge in [0.25, 0.3) is 5.91 Å². The third-order valence-electron chi connectivity index (χ3n) is 12.5. The summed E-state index contributed by atoms with van der Waals surface area (Å²) in [6.45, 7) is 16.3. The number of likely N-dealkylation sites (tertiary alicyclic amines) is 1. The van der Waals surface area contributed by atoms with Crippen LogP contribution in [0, 0.1) is 34.5 Å². The summed E-state index contributed by atoms with van der Waals surface area (Å²) in [4.78, 5) is 73.5. The number of carbonyl (C=O) groups excluding carboxylic acids is 5. The molecule has 2 heterocycles. The van der Waals surface area contributed by atoms with Crippen molar-refractivity contribution in [2.24, 2.45) is 16.2 Å². The minimum atomic E-state index is -0.922. The molecule has 1 saturated heterocycles. The highest BCUT2D eigenvalue weighted by Crippen LogP contribution is 2.55. The van der Waals surface area contributed by atoms with E-state index in [1.54, 1.807) is 58.7 Å². The normalized spacial score (nSPS) is 18.8. The topological polar surface area (TPSA) is 192 Å². The summed E-state index contributed by atoms with van der Waals surface area (Å²) < 4.78 is 12.2. The van der Waals surface area contributed by atoms with Gasteiger partial charge < -0.3 is 35.6 Å². The van der Waals surface area contributed by atoms with Crippen LogP contribution in [0.15, 0.2) is 72.2 Å². The molecule has 1 saturated carbocycles. The minimum Gasteiger partial charge on any atom is -0.494 e. The quantitative estimate of drug-likeness (QED) is 0.0783. The minimum absolute atomic E-state index is 0.103. The molecule has 1 aliphatic heterocycles. The molecule has 4 aromatic rings. The Balaban J connectivity index is 0.903. The molecule has 350 valence electrons. The Morgan fingerprint density at radius 2 is 1.64 bits per heavy atom. The number of aromatic nitrogens is 1. The Morgan fingerprint density at radius 1 is 0.955 bits per heavy atom. The average molecular weight is 939 g/mol. The molecule has 0 unspecified atom stereocenters. The Bertz CT molecular complexity index is 2440. The summed E-state index contributed by atoms with van der Waals surface area (Å²) in [6, 6.07) is 20.0. The highest BCUT2D eigenvalue weighted by Gasteiger charge is 2.64. The van der Waals surface area contributed by atoms with E-state index < -0.39 is 34.2 Å². The number of hydrogen-bond donors (Lipinski definition) is 4. The lowest BCUT2D eigenvalue weighted by atomic mass is 9.49. The number of nitriles is 1. The Hall–Kier alpha value is -5.98. The fourth-order valence-corrected chi connectivity index (χ4v) is 10.2. The van der Waals surface area contributed by atoms with E-state index >= 15 is 0 Å². The lowest BCUT2D eigenvalue weighted by Crippen LogP contribution is -2.74. The zero-order chi connectivity index (χ0) is 48.0. The number of ether oxygens (including phenoxy) is 2. The smallest absolute Gasteiger partial charge is 0.251 e. The monoisotopic (exact) mass is 937 g/mol. The molecule has 5 amide bonds. The van der Waals surface area contributed by atoms with Gasteiger partial charge in [0.05, 0.1) is 39.8 Å².